The van der Waals surface area contributed by atoms with Crippen molar-refractivity contribution < 1.29 is 13.9 Å². The summed E-state index contributed by atoms with van der Waals surface area (Å²) in [6.45, 7) is 1.38. The minimum Gasteiger partial charge on any atom is -0.474 e. The van der Waals surface area contributed by atoms with E-state index < -0.39 is 0 Å². The van der Waals surface area contributed by atoms with Gasteiger partial charge in [-0.25, -0.2) is 4.98 Å². The number of likely N-dealkylation sites (tertiary alicyclic amines) is 1. The van der Waals surface area contributed by atoms with Crippen LogP contribution in [0.4, 0.5) is 0 Å². The van der Waals surface area contributed by atoms with E-state index in [9.17, 15) is 4.79 Å². The Morgan fingerprint density at radius 3 is 2.75 bits per heavy atom. The number of carbonyl (C=O) groups excluding carboxylic acids is 1. The maximum Gasteiger partial charge on any atom is 0.254 e. The molecule has 2 aromatic heterocycles. The van der Waals surface area contributed by atoms with Gasteiger partial charge >= 0.3 is 0 Å². The molecular formula is C17H20N4O3. The van der Waals surface area contributed by atoms with Crippen molar-refractivity contribution in [1.82, 2.24) is 20.1 Å². The van der Waals surface area contributed by atoms with E-state index in [4.69, 9.17) is 9.15 Å². The molecular weight excluding hydrogens is 308 g/mol. The first-order chi connectivity index (χ1) is 11.8. The summed E-state index contributed by atoms with van der Waals surface area (Å²) in [5.74, 6) is 1.49. The number of hydrogen-bond donors (Lipinski definition) is 0. The average molecular weight is 328 g/mol. The molecule has 0 bridgehead atoms. The molecule has 126 valence electrons. The highest BCUT2D eigenvalue weighted by atomic mass is 16.5. The maximum atomic E-state index is 12.7. The summed E-state index contributed by atoms with van der Waals surface area (Å²) in [4.78, 5) is 18.8. The lowest BCUT2D eigenvalue weighted by molar-refractivity contribution is 0.0703. The molecule has 3 heterocycles. The van der Waals surface area contributed by atoms with Crippen molar-refractivity contribution in [3.63, 3.8) is 0 Å². The molecule has 0 unspecified atom stereocenters. The van der Waals surface area contributed by atoms with Gasteiger partial charge in [-0.1, -0.05) is 0 Å². The van der Waals surface area contributed by atoms with E-state index in [-0.39, 0.29) is 17.9 Å². The Bertz CT molecular complexity index is 692. The van der Waals surface area contributed by atoms with Gasteiger partial charge in [-0.05, 0) is 38.2 Å². The lowest BCUT2D eigenvalue weighted by atomic mass is 9.96. The highest BCUT2D eigenvalue weighted by Gasteiger charge is 2.27. The largest absolute Gasteiger partial charge is 0.474 e. The molecule has 7 nitrogen and oxygen atoms in total. The molecule has 2 fully saturated rings. The summed E-state index contributed by atoms with van der Waals surface area (Å²) < 4.78 is 11.1. The number of rotatable bonds is 4. The molecule has 0 N–H and O–H groups in total. The normalized spacial score (nSPS) is 19.1. The third kappa shape index (κ3) is 3.11. The van der Waals surface area contributed by atoms with E-state index in [1.54, 1.807) is 18.3 Å². The molecule has 1 saturated carbocycles. The highest BCUT2D eigenvalue weighted by Crippen LogP contribution is 2.28. The summed E-state index contributed by atoms with van der Waals surface area (Å²) in [7, 11) is 0. The van der Waals surface area contributed by atoms with E-state index in [0.717, 1.165) is 25.7 Å². The van der Waals surface area contributed by atoms with E-state index in [2.05, 4.69) is 15.2 Å². The lowest BCUT2D eigenvalue weighted by Gasteiger charge is -2.30. The van der Waals surface area contributed by atoms with Gasteiger partial charge < -0.3 is 14.1 Å². The maximum absolute atomic E-state index is 12.7. The summed E-state index contributed by atoms with van der Waals surface area (Å²) >= 11 is 0. The van der Waals surface area contributed by atoms with Gasteiger partial charge in [0.15, 0.2) is 0 Å². The topological polar surface area (TPSA) is 81.4 Å². The Morgan fingerprint density at radius 1 is 1.25 bits per heavy atom. The van der Waals surface area contributed by atoms with Crippen LogP contribution in [0.15, 0.2) is 29.1 Å². The van der Waals surface area contributed by atoms with Crippen LogP contribution < -0.4 is 4.74 Å². The average Bonchev–Trinajstić information content (AvgIpc) is 3.13. The molecule has 0 spiro atoms. The second-order valence-electron chi connectivity index (χ2n) is 6.40. The molecule has 1 aliphatic heterocycles. The van der Waals surface area contributed by atoms with Gasteiger partial charge in [0.25, 0.3) is 5.91 Å². The first kappa shape index (κ1) is 15.1. The number of carbonyl (C=O) groups is 1. The molecule has 0 aromatic carbocycles. The number of pyridine rings is 1. The third-order valence-electron chi connectivity index (χ3n) is 4.83. The van der Waals surface area contributed by atoms with E-state index in [0.29, 0.717) is 30.4 Å². The van der Waals surface area contributed by atoms with Crippen LogP contribution in [0, 0.1) is 0 Å². The van der Waals surface area contributed by atoms with Crippen LogP contribution in [0.25, 0.3) is 0 Å². The molecule has 4 rings (SSSR count). The number of nitrogens with zero attached hydrogens (tertiary/aromatic N) is 4. The van der Waals surface area contributed by atoms with E-state index in [1.807, 2.05) is 4.90 Å². The van der Waals surface area contributed by atoms with Crippen molar-refractivity contribution in [2.24, 2.45) is 0 Å². The lowest BCUT2D eigenvalue weighted by Crippen LogP contribution is -2.38. The number of ether oxygens (including phenoxy) is 1. The molecule has 0 radical (unpaired) electrons. The number of piperidine rings is 1. The summed E-state index contributed by atoms with van der Waals surface area (Å²) in [6.07, 6.45) is 8.28. The van der Waals surface area contributed by atoms with Gasteiger partial charge in [0.1, 0.15) is 6.10 Å². The van der Waals surface area contributed by atoms with Gasteiger partial charge in [-0.2, -0.15) is 0 Å². The SMILES string of the molecule is O=C(c1ccnc(OC2CCC2)c1)N1CCC(c2nnco2)CC1. The quantitative estimate of drug-likeness (QED) is 0.857. The summed E-state index contributed by atoms with van der Waals surface area (Å²) in [5.41, 5.74) is 0.635. The zero-order valence-electron chi connectivity index (χ0n) is 13.4. The second-order valence-corrected chi connectivity index (χ2v) is 6.40. The number of hydrogen-bond acceptors (Lipinski definition) is 6. The molecule has 2 aromatic rings. The third-order valence-corrected chi connectivity index (χ3v) is 4.83. The highest BCUT2D eigenvalue weighted by molar-refractivity contribution is 5.94. The summed E-state index contributed by atoms with van der Waals surface area (Å²) in [6, 6.07) is 3.50. The Morgan fingerprint density at radius 2 is 2.08 bits per heavy atom. The predicted octanol–water partition coefficient (Wildman–Crippen LogP) is 2.42. The van der Waals surface area contributed by atoms with Gasteiger partial charge in [-0.3, -0.25) is 4.79 Å². The Kier molecular flexibility index (Phi) is 4.15. The fourth-order valence-electron chi connectivity index (χ4n) is 3.14. The minimum absolute atomic E-state index is 0.0276. The number of amides is 1. The molecule has 1 amide bonds. The van der Waals surface area contributed by atoms with Gasteiger partial charge in [0.2, 0.25) is 18.2 Å². The van der Waals surface area contributed by atoms with Crippen LogP contribution in [-0.4, -0.2) is 45.2 Å². The zero-order chi connectivity index (χ0) is 16.4. The first-order valence-corrected chi connectivity index (χ1v) is 8.47. The fourth-order valence-corrected chi connectivity index (χ4v) is 3.14. The minimum atomic E-state index is 0.0276. The van der Waals surface area contributed by atoms with Gasteiger partial charge in [0.05, 0.1) is 0 Å². The molecule has 0 atom stereocenters. The van der Waals surface area contributed by atoms with Crippen molar-refractivity contribution in [2.45, 2.75) is 44.1 Å². The van der Waals surface area contributed by atoms with Gasteiger partial charge in [-0.15, -0.1) is 10.2 Å². The first-order valence-electron chi connectivity index (χ1n) is 8.47. The smallest absolute Gasteiger partial charge is 0.254 e. The van der Waals surface area contributed by atoms with E-state index in [1.165, 1.54) is 12.8 Å². The molecule has 24 heavy (non-hydrogen) atoms. The van der Waals surface area contributed by atoms with Crippen molar-refractivity contribution in [3.8, 4) is 5.88 Å². The standard InChI is InChI=1S/C17H20N4O3/c22-17(13-4-7-18-15(10-13)24-14-2-1-3-14)21-8-5-12(6-9-21)16-20-19-11-23-16/h4,7,10-12,14H,1-3,5-6,8-9H2. The predicted molar refractivity (Wildman–Crippen MR) is 84.7 cm³/mol. The summed E-state index contributed by atoms with van der Waals surface area (Å²) in [5, 5.41) is 7.70. The van der Waals surface area contributed by atoms with Crippen LogP contribution in [0.2, 0.25) is 0 Å². The van der Waals surface area contributed by atoms with Crippen LogP contribution in [0.3, 0.4) is 0 Å². The molecule has 1 saturated heterocycles. The van der Waals surface area contributed by atoms with Crippen LogP contribution in [-0.2, 0) is 0 Å². The molecule has 1 aliphatic carbocycles. The van der Waals surface area contributed by atoms with Crippen molar-refractivity contribution >= 4 is 5.91 Å². The van der Waals surface area contributed by atoms with Crippen LogP contribution >= 0.6 is 0 Å². The Labute approximate surface area is 140 Å². The fraction of sp³-hybridized carbons (Fsp3) is 0.529. The zero-order valence-corrected chi connectivity index (χ0v) is 13.4. The van der Waals surface area contributed by atoms with Crippen molar-refractivity contribution in [3.05, 3.63) is 36.2 Å². The van der Waals surface area contributed by atoms with Crippen molar-refractivity contribution in [2.75, 3.05) is 13.1 Å². The number of aromatic nitrogens is 3. The van der Waals surface area contributed by atoms with Crippen LogP contribution in [0.1, 0.15) is 54.3 Å². The Balaban J connectivity index is 1.38. The van der Waals surface area contributed by atoms with Crippen LogP contribution in [0.5, 0.6) is 5.88 Å². The van der Waals surface area contributed by atoms with E-state index >= 15 is 0 Å². The molecule has 2 aliphatic rings. The second kappa shape index (κ2) is 6.59. The van der Waals surface area contributed by atoms with Gasteiger partial charge in [0, 0.05) is 36.8 Å². The Hall–Kier alpha value is -2.44. The van der Waals surface area contributed by atoms with Crippen molar-refractivity contribution in [1.29, 1.82) is 0 Å². The molecule has 7 heteroatoms. The monoisotopic (exact) mass is 328 g/mol.